The van der Waals surface area contributed by atoms with Crippen LogP contribution in [0.15, 0.2) is 15.6 Å². The number of nitrogens with zero attached hydrogens (tertiary/aromatic N) is 4. The molecule has 3 heterocycles. The first kappa shape index (κ1) is 13.8. The Bertz CT molecular complexity index is 879. The molecular weight excluding hydrogens is 310 g/mol. The normalized spacial score (nSPS) is 11.0. The summed E-state index contributed by atoms with van der Waals surface area (Å²) in [5.41, 5.74) is 0.674. The highest BCUT2D eigenvalue weighted by Gasteiger charge is 2.12. The Morgan fingerprint density at radius 3 is 2.81 bits per heavy atom. The van der Waals surface area contributed by atoms with Gasteiger partial charge in [-0.2, -0.15) is 14.6 Å². The standard InChI is InChI=1S/C12H11N5O2S2/c1-6-11(19)15-12-17(16-6)9(5-21-12)14-10(18)3-8-4-20-7(2)13-8/h4-5H,3H2,1-2H3,(H,14,18). The summed E-state index contributed by atoms with van der Waals surface area (Å²) < 4.78 is 1.46. The van der Waals surface area contributed by atoms with Crippen LogP contribution in [-0.2, 0) is 11.2 Å². The van der Waals surface area contributed by atoms with Crippen LogP contribution >= 0.6 is 22.7 Å². The molecule has 0 aliphatic heterocycles. The number of anilines is 1. The van der Waals surface area contributed by atoms with Gasteiger partial charge >= 0.3 is 0 Å². The molecule has 0 radical (unpaired) electrons. The lowest BCUT2D eigenvalue weighted by molar-refractivity contribution is -0.115. The molecule has 0 aromatic carbocycles. The van der Waals surface area contributed by atoms with Gasteiger partial charge in [0, 0.05) is 10.8 Å². The fourth-order valence-electron chi connectivity index (χ4n) is 1.77. The number of aryl methyl sites for hydroxylation is 2. The lowest BCUT2D eigenvalue weighted by Crippen LogP contribution is -2.19. The molecule has 0 saturated carbocycles. The third-order valence-electron chi connectivity index (χ3n) is 2.72. The smallest absolute Gasteiger partial charge is 0.295 e. The van der Waals surface area contributed by atoms with Gasteiger partial charge in [0.2, 0.25) is 10.9 Å². The number of fused-ring (bicyclic) bond motifs is 1. The van der Waals surface area contributed by atoms with Crippen molar-refractivity contribution in [1.82, 2.24) is 19.6 Å². The molecular formula is C12H11N5O2S2. The van der Waals surface area contributed by atoms with Crippen molar-refractivity contribution in [2.45, 2.75) is 20.3 Å². The van der Waals surface area contributed by atoms with Crippen LogP contribution in [0.2, 0.25) is 0 Å². The molecule has 21 heavy (non-hydrogen) atoms. The van der Waals surface area contributed by atoms with Gasteiger partial charge in [0.15, 0.2) is 0 Å². The van der Waals surface area contributed by atoms with Crippen molar-refractivity contribution in [1.29, 1.82) is 0 Å². The first-order valence-electron chi connectivity index (χ1n) is 6.09. The largest absolute Gasteiger partial charge is 0.310 e. The van der Waals surface area contributed by atoms with Crippen molar-refractivity contribution in [3.8, 4) is 0 Å². The number of hydrogen-bond donors (Lipinski definition) is 1. The van der Waals surface area contributed by atoms with Crippen molar-refractivity contribution in [2.24, 2.45) is 0 Å². The van der Waals surface area contributed by atoms with E-state index in [0.717, 1.165) is 10.7 Å². The quantitative estimate of drug-likeness (QED) is 0.788. The minimum atomic E-state index is -0.354. The SMILES string of the molecule is Cc1nc(CC(=O)Nc2csc3nc(=O)c(C)nn23)cs1. The molecule has 108 valence electrons. The van der Waals surface area contributed by atoms with E-state index in [4.69, 9.17) is 0 Å². The maximum absolute atomic E-state index is 12.0. The molecule has 0 spiro atoms. The van der Waals surface area contributed by atoms with Gasteiger partial charge in [-0.05, 0) is 13.8 Å². The Morgan fingerprint density at radius 1 is 1.29 bits per heavy atom. The topological polar surface area (TPSA) is 89.2 Å². The highest BCUT2D eigenvalue weighted by molar-refractivity contribution is 7.15. The third-order valence-corrected chi connectivity index (χ3v) is 4.36. The summed E-state index contributed by atoms with van der Waals surface area (Å²) in [7, 11) is 0. The van der Waals surface area contributed by atoms with E-state index in [0.29, 0.717) is 10.8 Å². The second-order valence-corrected chi connectivity index (χ2v) is 6.30. The second kappa shape index (κ2) is 5.34. The Morgan fingerprint density at radius 2 is 2.10 bits per heavy atom. The molecule has 0 atom stereocenters. The van der Waals surface area contributed by atoms with Crippen LogP contribution in [0.4, 0.5) is 5.82 Å². The number of aromatic nitrogens is 4. The molecule has 9 heteroatoms. The summed E-state index contributed by atoms with van der Waals surface area (Å²) in [5.74, 6) is 0.320. The predicted octanol–water partition coefficient (Wildman–Crippen LogP) is 1.41. The van der Waals surface area contributed by atoms with E-state index in [1.807, 2.05) is 12.3 Å². The van der Waals surface area contributed by atoms with E-state index < -0.39 is 0 Å². The van der Waals surface area contributed by atoms with Crippen LogP contribution in [-0.4, -0.2) is 25.5 Å². The van der Waals surface area contributed by atoms with Crippen molar-refractivity contribution >= 4 is 39.4 Å². The zero-order valence-corrected chi connectivity index (χ0v) is 12.9. The number of nitrogens with one attached hydrogen (secondary N) is 1. The highest BCUT2D eigenvalue weighted by atomic mass is 32.1. The maximum atomic E-state index is 12.0. The van der Waals surface area contributed by atoms with Crippen molar-refractivity contribution in [2.75, 3.05) is 5.32 Å². The maximum Gasteiger partial charge on any atom is 0.295 e. The van der Waals surface area contributed by atoms with Gasteiger partial charge in [-0.1, -0.05) is 0 Å². The Labute approximate surface area is 127 Å². The summed E-state index contributed by atoms with van der Waals surface area (Å²) in [5, 5.41) is 11.4. The number of carbonyl (C=O) groups is 1. The summed E-state index contributed by atoms with van der Waals surface area (Å²) >= 11 is 2.76. The molecule has 1 amide bonds. The lowest BCUT2D eigenvalue weighted by Gasteiger charge is -2.03. The summed E-state index contributed by atoms with van der Waals surface area (Å²) in [6, 6.07) is 0. The molecule has 1 N–H and O–H groups in total. The van der Waals surface area contributed by atoms with Gasteiger partial charge in [0.25, 0.3) is 5.56 Å². The van der Waals surface area contributed by atoms with Gasteiger partial charge in [0.05, 0.1) is 17.1 Å². The molecule has 0 unspecified atom stereocenters. The van der Waals surface area contributed by atoms with Gasteiger partial charge < -0.3 is 5.32 Å². The minimum Gasteiger partial charge on any atom is -0.310 e. The fourth-order valence-corrected chi connectivity index (χ4v) is 3.13. The van der Waals surface area contributed by atoms with Crippen molar-refractivity contribution in [3.63, 3.8) is 0 Å². The summed E-state index contributed by atoms with van der Waals surface area (Å²) in [6.45, 7) is 3.48. The van der Waals surface area contributed by atoms with Crippen LogP contribution in [0.3, 0.4) is 0 Å². The van der Waals surface area contributed by atoms with Crippen LogP contribution < -0.4 is 10.9 Å². The lowest BCUT2D eigenvalue weighted by atomic mass is 10.3. The molecule has 3 aromatic heterocycles. The molecule has 7 nitrogen and oxygen atoms in total. The molecule has 0 saturated heterocycles. The number of thiazole rings is 2. The highest BCUT2D eigenvalue weighted by Crippen LogP contribution is 2.17. The molecule has 3 rings (SSSR count). The average molecular weight is 321 g/mol. The Kier molecular flexibility index (Phi) is 3.52. The van der Waals surface area contributed by atoms with Crippen LogP contribution in [0, 0.1) is 13.8 Å². The number of rotatable bonds is 3. The van der Waals surface area contributed by atoms with Gasteiger partial charge in [-0.25, -0.2) is 4.98 Å². The molecule has 0 aliphatic rings. The van der Waals surface area contributed by atoms with Crippen LogP contribution in [0.1, 0.15) is 16.4 Å². The predicted molar refractivity (Wildman–Crippen MR) is 81.1 cm³/mol. The summed E-state index contributed by atoms with van der Waals surface area (Å²) in [4.78, 5) is 32.0. The zero-order valence-electron chi connectivity index (χ0n) is 11.3. The fraction of sp³-hybridized carbons (Fsp3) is 0.250. The number of hydrogen-bond acceptors (Lipinski definition) is 7. The number of carbonyl (C=O) groups excluding carboxylic acids is 1. The zero-order chi connectivity index (χ0) is 15.0. The molecule has 0 aliphatic carbocycles. The van der Waals surface area contributed by atoms with E-state index in [1.165, 1.54) is 27.2 Å². The van der Waals surface area contributed by atoms with E-state index in [9.17, 15) is 9.59 Å². The number of amides is 1. The first-order valence-corrected chi connectivity index (χ1v) is 7.85. The van der Waals surface area contributed by atoms with E-state index >= 15 is 0 Å². The average Bonchev–Trinajstić information content (AvgIpc) is 2.98. The Hall–Kier alpha value is -2.13. The second-order valence-electron chi connectivity index (χ2n) is 4.40. The van der Waals surface area contributed by atoms with E-state index in [1.54, 1.807) is 12.3 Å². The molecule has 3 aromatic rings. The van der Waals surface area contributed by atoms with Gasteiger partial charge in [-0.3, -0.25) is 9.59 Å². The monoisotopic (exact) mass is 321 g/mol. The molecule has 0 bridgehead atoms. The van der Waals surface area contributed by atoms with E-state index in [-0.39, 0.29) is 23.6 Å². The van der Waals surface area contributed by atoms with Crippen molar-refractivity contribution in [3.05, 3.63) is 37.5 Å². The summed E-state index contributed by atoms with van der Waals surface area (Å²) in [6.07, 6.45) is 0.203. The first-order chi connectivity index (χ1) is 10.0. The minimum absolute atomic E-state index is 0.182. The van der Waals surface area contributed by atoms with Crippen LogP contribution in [0.5, 0.6) is 0 Å². The Balaban J connectivity index is 1.83. The molecule has 0 fully saturated rings. The van der Waals surface area contributed by atoms with Crippen LogP contribution in [0.25, 0.3) is 4.96 Å². The van der Waals surface area contributed by atoms with Gasteiger partial charge in [-0.15, -0.1) is 22.7 Å². The third kappa shape index (κ3) is 2.83. The van der Waals surface area contributed by atoms with E-state index in [2.05, 4.69) is 20.4 Å². The van der Waals surface area contributed by atoms with Gasteiger partial charge in [0.1, 0.15) is 11.5 Å². The van der Waals surface area contributed by atoms with Crippen molar-refractivity contribution < 1.29 is 4.79 Å².